The van der Waals surface area contributed by atoms with Crippen LogP contribution in [0.25, 0.3) is 0 Å². The summed E-state index contributed by atoms with van der Waals surface area (Å²) >= 11 is 0. The molecule has 21 heavy (non-hydrogen) atoms. The molecule has 1 N–H and O–H groups in total. The molecule has 0 radical (unpaired) electrons. The van der Waals surface area contributed by atoms with Crippen LogP contribution in [-0.2, 0) is 16.8 Å². The predicted octanol–water partition coefficient (Wildman–Crippen LogP) is 2.80. The highest BCUT2D eigenvalue weighted by molar-refractivity contribution is 5.26. The van der Waals surface area contributed by atoms with E-state index in [2.05, 4.69) is 26.1 Å². The van der Waals surface area contributed by atoms with Crippen molar-refractivity contribution in [1.82, 2.24) is 15.3 Å². The quantitative estimate of drug-likeness (QED) is 0.818. The summed E-state index contributed by atoms with van der Waals surface area (Å²) in [6.07, 6.45) is 7.07. The number of ether oxygens (including phenoxy) is 1. The van der Waals surface area contributed by atoms with Gasteiger partial charge in [0.2, 0.25) is 0 Å². The van der Waals surface area contributed by atoms with Crippen LogP contribution in [0.5, 0.6) is 0 Å². The Hall–Kier alpha value is -1.00. The molecule has 1 aromatic rings. The summed E-state index contributed by atoms with van der Waals surface area (Å²) in [4.78, 5) is 9.51. The molecule has 0 spiro atoms. The minimum absolute atomic E-state index is 0.276. The van der Waals surface area contributed by atoms with Crippen LogP contribution in [-0.4, -0.2) is 29.2 Å². The Morgan fingerprint density at radius 3 is 2.52 bits per heavy atom. The van der Waals surface area contributed by atoms with Crippen molar-refractivity contribution in [2.75, 3.05) is 13.2 Å². The van der Waals surface area contributed by atoms with Crippen molar-refractivity contribution in [2.45, 2.75) is 70.9 Å². The van der Waals surface area contributed by atoms with Crippen molar-refractivity contribution in [1.29, 1.82) is 0 Å². The van der Waals surface area contributed by atoms with Gasteiger partial charge in [-0.25, -0.2) is 9.97 Å². The van der Waals surface area contributed by atoms with E-state index in [0.717, 1.165) is 62.1 Å². The predicted molar refractivity (Wildman–Crippen MR) is 83.4 cm³/mol. The minimum atomic E-state index is -0.276. The Kier molecular flexibility index (Phi) is 4.27. The van der Waals surface area contributed by atoms with E-state index in [1.807, 2.05) is 0 Å². The standard InChI is InChI=1S/C17H27N3O/c1-12-15(6-4-10-18-14-7-8-14)13(2)20-16(19-12)17(3)9-5-11-21-17/h14,18H,4-11H2,1-3H3. The summed E-state index contributed by atoms with van der Waals surface area (Å²) < 4.78 is 5.87. The number of nitrogens with one attached hydrogen (secondary N) is 1. The summed E-state index contributed by atoms with van der Waals surface area (Å²) in [5, 5.41) is 3.57. The molecule has 1 aliphatic carbocycles. The molecule has 0 bridgehead atoms. The van der Waals surface area contributed by atoms with Gasteiger partial charge in [-0.15, -0.1) is 0 Å². The molecule has 1 aliphatic heterocycles. The fourth-order valence-corrected chi connectivity index (χ4v) is 3.15. The molecule has 1 unspecified atom stereocenters. The molecule has 0 aromatic carbocycles. The third-order valence-corrected chi connectivity index (χ3v) is 4.73. The van der Waals surface area contributed by atoms with E-state index in [0.29, 0.717) is 0 Å². The Morgan fingerprint density at radius 2 is 1.95 bits per heavy atom. The lowest BCUT2D eigenvalue weighted by atomic mass is 10.00. The van der Waals surface area contributed by atoms with E-state index >= 15 is 0 Å². The monoisotopic (exact) mass is 289 g/mol. The summed E-state index contributed by atoms with van der Waals surface area (Å²) in [7, 11) is 0. The third-order valence-electron chi connectivity index (χ3n) is 4.73. The van der Waals surface area contributed by atoms with E-state index in [-0.39, 0.29) is 5.60 Å². The molecule has 1 aromatic heterocycles. The van der Waals surface area contributed by atoms with Crippen LogP contribution in [0.15, 0.2) is 0 Å². The van der Waals surface area contributed by atoms with E-state index in [9.17, 15) is 0 Å². The summed E-state index contributed by atoms with van der Waals surface area (Å²) in [5.74, 6) is 0.870. The van der Waals surface area contributed by atoms with Crippen LogP contribution in [0, 0.1) is 13.8 Å². The SMILES string of the molecule is Cc1nc(C2(C)CCCO2)nc(C)c1CCCNC1CC1. The molecular formula is C17H27N3O. The van der Waals surface area contributed by atoms with Gasteiger partial charge in [0.05, 0.1) is 0 Å². The van der Waals surface area contributed by atoms with Gasteiger partial charge in [0, 0.05) is 24.0 Å². The fraction of sp³-hybridized carbons (Fsp3) is 0.765. The molecule has 4 heteroatoms. The number of aromatic nitrogens is 2. The van der Waals surface area contributed by atoms with Crippen LogP contribution in [0.1, 0.15) is 61.8 Å². The van der Waals surface area contributed by atoms with Crippen molar-refractivity contribution in [3.8, 4) is 0 Å². The molecule has 1 saturated heterocycles. The molecule has 2 heterocycles. The van der Waals surface area contributed by atoms with E-state index in [4.69, 9.17) is 14.7 Å². The summed E-state index contributed by atoms with van der Waals surface area (Å²) in [5.41, 5.74) is 3.29. The normalized spacial score (nSPS) is 25.5. The van der Waals surface area contributed by atoms with Crippen molar-refractivity contribution in [3.05, 3.63) is 22.8 Å². The van der Waals surface area contributed by atoms with Crippen LogP contribution in [0.4, 0.5) is 0 Å². The van der Waals surface area contributed by atoms with Crippen molar-refractivity contribution < 1.29 is 4.74 Å². The van der Waals surface area contributed by atoms with Gasteiger partial charge < -0.3 is 10.1 Å². The smallest absolute Gasteiger partial charge is 0.160 e. The Labute approximate surface area is 127 Å². The van der Waals surface area contributed by atoms with E-state index < -0.39 is 0 Å². The molecule has 0 amide bonds. The van der Waals surface area contributed by atoms with Gasteiger partial charge >= 0.3 is 0 Å². The van der Waals surface area contributed by atoms with Crippen molar-refractivity contribution >= 4 is 0 Å². The number of aryl methyl sites for hydroxylation is 2. The molecule has 1 atom stereocenters. The topological polar surface area (TPSA) is 47.0 Å². The maximum absolute atomic E-state index is 5.87. The average Bonchev–Trinajstić information content (AvgIpc) is 3.16. The second-order valence-corrected chi connectivity index (χ2v) is 6.71. The summed E-state index contributed by atoms with van der Waals surface area (Å²) in [6.45, 7) is 8.27. The zero-order valence-corrected chi connectivity index (χ0v) is 13.5. The first-order valence-electron chi connectivity index (χ1n) is 8.30. The van der Waals surface area contributed by atoms with Gasteiger partial charge in [-0.2, -0.15) is 0 Å². The van der Waals surface area contributed by atoms with Crippen molar-refractivity contribution in [2.24, 2.45) is 0 Å². The minimum Gasteiger partial charge on any atom is -0.367 e. The maximum Gasteiger partial charge on any atom is 0.160 e. The van der Waals surface area contributed by atoms with Gasteiger partial charge in [0.15, 0.2) is 5.82 Å². The number of hydrogen-bond donors (Lipinski definition) is 1. The first-order valence-corrected chi connectivity index (χ1v) is 8.30. The van der Waals surface area contributed by atoms with Crippen molar-refractivity contribution in [3.63, 3.8) is 0 Å². The Morgan fingerprint density at radius 1 is 1.24 bits per heavy atom. The van der Waals surface area contributed by atoms with Gasteiger partial charge in [-0.3, -0.25) is 0 Å². The second-order valence-electron chi connectivity index (χ2n) is 6.71. The molecule has 2 aliphatic rings. The molecule has 3 rings (SSSR count). The summed E-state index contributed by atoms with van der Waals surface area (Å²) in [6, 6.07) is 0.797. The fourth-order valence-electron chi connectivity index (χ4n) is 3.15. The maximum atomic E-state index is 5.87. The first kappa shape index (κ1) is 14.9. The zero-order valence-electron chi connectivity index (χ0n) is 13.5. The lowest BCUT2D eigenvalue weighted by molar-refractivity contribution is 0.00902. The van der Waals surface area contributed by atoms with Gasteiger partial charge in [-0.1, -0.05) is 0 Å². The number of hydrogen-bond acceptors (Lipinski definition) is 4. The molecule has 116 valence electrons. The van der Waals surface area contributed by atoms with Crippen LogP contribution >= 0.6 is 0 Å². The lowest BCUT2D eigenvalue weighted by Gasteiger charge is -2.23. The lowest BCUT2D eigenvalue weighted by Crippen LogP contribution is -2.25. The van der Waals surface area contributed by atoms with Gasteiger partial charge in [0.1, 0.15) is 5.60 Å². The van der Waals surface area contributed by atoms with Crippen LogP contribution in [0.3, 0.4) is 0 Å². The molecule has 1 saturated carbocycles. The average molecular weight is 289 g/mol. The number of nitrogens with zero attached hydrogens (tertiary/aromatic N) is 2. The number of rotatable bonds is 6. The third kappa shape index (κ3) is 3.43. The Balaban J connectivity index is 1.66. The second kappa shape index (κ2) is 6.01. The highest BCUT2D eigenvalue weighted by Gasteiger charge is 2.35. The van der Waals surface area contributed by atoms with Gasteiger partial charge in [0.25, 0.3) is 0 Å². The van der Waals surface area contributed by atoms with E-state index in [1.165, 1.54) is 18.4 Å². The van der Waals surface area contributed by atoms with Gasteiger partial charge in [-0.05, 0) is 71.4 Å². The molecule has 2 fully saturated rings. The molecular weight excluding hydrogens is 262 g/mol. The highest BCUT2D eigenvalue weighted by atomic mass is 16.5. The Bertz CT molecular complexity index is 482. The highest BCUT2D eigenvalue weighted by Crippen LogP contribution is 2.34. The first-order chi connectivity index (χ1) is 10.1. The van der Waals surface area contributed by atoms with Crippen LogP contribution in [0.2, 0.25) is 0 Å². The van der Waals surface area contributed by atoms with Crippen LogP contribution < -0.4 is 5.32 Å². The molecule has 4 nitrogen and oxygen atoms in total. The zero-order chi connectivity index (χ0) is 14.9. The largest absolute Gasteiger partial charge is 0.367 e. The van der Waals surface area contributed by atoms with E-state index in [1.54, 1.807) is 0 Å².